The number of aliphatic hydroxyl groups excluding tert-OH is 1. The van der Waals surface area contributed by atoms with E-state index in [1.165, 1.54) is 0 Å². The van der Waals surface area contributed by atoms with Crippen LogP contribution in [0.25, 0.3) is 0 Å². The fourth-order valence-corrected chi connectivity index (χ4v) is 2.74. The summed E-state index contributed by atoms with van der Waals surface area (Å²) in [6.45, 7) is 13.5. The Morgan fingerprint density at radius 3 is 2.13 bits per heavy atom. The second-order valence-electron chi connectivity index (χ2n) is 5.27. The average molecular weight is 214 g/mol. The normalized spacial score (nSPS) is 30.4. The Labute approximate surface area is 94.1 Å². The lowest BCUT2D eigenvalue weighted by atomic mass is 10.0. The van der Waals surface area contributed by atoms with Crippen molar-refractivity contribution in [3.8, 4) is 0 Å². The van der Waals surface area contributed by atoms with E-state index in [0.29, 0.717) is 24.2 Å². The third-order valence-electron chi connectivity index (χ3n) is 3.41. The zero-order valence-corrected chi connectivity index (χ0v) is 10.8. The van der Waals surface area contributed by atoms with Gasteiger partial charge in [0.2, 0.25) is 0 Å². The summed E-state index contributed by atoms with van der Waals surface area (Å²) in [5.41, 5.74) is 0. The predicted octanol–water partition coefficient (Wildman–Crippen LogP) is 1.17. The first kappa shape index (κ1) is 12.9. The Morgan fingerprint density at radius 1 is 1.13 bits per heavy atom. The van der Waals surface area contributed by atoms with Crippen molar-refractivity contribution in [1.29, 1.82) is 0 Å². The second kappa shape index (κ2) is 5.28. The molecule has 0 aliphatic carbocycles. The highest BCUT2D eigenvalue weighted by Crippen LogP contribution is 2.20. The molecule has 0 spiro atoms. The van der Waals surface area contributed by atoms with Crippen LogP contribution in [-0.4, -0.2) is 58.8 Å². The van der Waals surface area contributed by atoms with Crippen LogP contribution in [0.5, 0.6) is 0 Å². The number of rotatable bonds is 3. The summed E-state index contributed by atoms with van der Waals surface area (Å²) in [6.07, 6.45) is 0. The number of hydrogen-bond acceptors (Lipinski definition) is 3. The first-order chi connectivity index (χ1) is 6.97. The first-order valence-electron chi connectivity index (χ1n) is 6.09. The van der Waals surface area contributed by atoms with Gasteiger partial charge < -0.3 is 5.11 Å². The maximum atomic E-state index is 9.46. The zero-order valence-electron chi connectivity index (χ0n) is 10.8. The largest absolute Gasteiger partial charge is 0.395 e. The standard InChI is InChI=1S/C12H26N2O/c1-9(2)13-6-11(5)14(10(3)4)12(7-13)8-15/h9-12,15H,6-8H2,1-5H3. The Kier molecular flexibility index (Phi) is 4.56. The molecule has 3 nitrogen and oxygen atoms in total. The van der Waals surface area contributed by atoms with Crippen LogP contribution in [0, 0.1) is 0 Å². The van der Waals surface area contributed by atoms with Crippen molar-refractivity contribution in [3.05, 3.63) is 0 Å². The lowest BCUT2D eigenvalue weighted by molar-refractivity contribution is -0.0249. The first-order valence-corrected chi connectivity index (χ1v) is 6.09. The third kappa shape index (κ3) is 2.92. The highest BCUT2D eigenvalue weighted by Gasteiger charge is 2.33. The van der Waals surface area contributed by atoms with Crippen LogP contribution in [-0.2, 0) is 0 Å². The van der Waals surface area contributed by atoms with Crippen molar-refractivity contribution in [3.63, 3.8) is 0 Å². The minimum absolute atomic E-state index is 0.270. The van der Waals surface area contributed by atoms with Gasteiger partial charge in [0.05, 0.1) is 6.61 Å². The number of piperazine rings is 1. The highest BCUT2D eigenvalue weighted by atomic mass is 16.3. The van der Waals surface area contributed by atoms with Crippen molar-refractivity contribution < 1.29 is 5.11 Å². The number of hydrogen-bond donors (Lipinski definition) is 1. The quantitative estimate of drug-likeness (QED) is 0.764. The fourth-order valence-electron chi connectivity index (χ4n) is 2.74. The summed E-state index contributed by atoms with van der Waals surface area (Å²) in [5.74, 6) is 0. The highest BCUT2D eigenvalue weighted by molar-refractivity contribution is 4.89. The van der Waals surface area contributed by atoms with E-state index in [0.717, 1.165) is 13.1 Å². The molecular formula is C12H26N2O. The fraction of sp³-hybridized carbons (Fsp3) is 1.00. The van der Waals surface area contributed by atoms with Gasteiger partial charge in [-0.1, -0.05) is 0 Å². The lowest BCUT2D eigenvalue weighted by Crippen LogP contribution is -2.62. The van der Waals surface area contributed by atoms with Gasteiger partial charge in [-0.25, -0.2) is 0 Å². The monoisotopic (exact) mass is 214 g/mol. The molecule has 2 atom stereocenters. The zero-order chi connectivity index (χ0) is 11.6. The molecule has 90 valence electrons. The van der Waals surface area contributed by atoms with Gasteiger partial charge in [0.1, 0.15) is 0 Å². The van der Waals surface area contributed by atoms with Crippen molar-refractivity contribution in [2.75, 3.05) is 19.7 Å². The van der Waals surface area contributed by atoms with Crippen LogP contribution in [0.1, 0.15) is 34.6 Å². The smallest absolute Gasteiger partial charge is 0.0599 e. The van der Waals surface area contributed by atoms with Crippen LogP contribution in [0.15, 0.2) is 0 Å². The minimum Gasteiger partial charge on any atom is -0.395 e. The van der Waals surface area contributed by atoms with Gasteiger partial charge in [0.15, 0.2) is 0 Å². The summed E-state index contributed by atoms with van der Waals surface area (Å²) >= 11 is 0. The molecule has 1 aliphatic heterocycles. The van der Waals surface area contributed by atoms with Crippen molar-refractivity contribution in [2.24, 2.45) is 0 Å². The molecule has 1 fully saturated rings. The number of nitrogens with zero attached hydrogens (tertiary/aromatic N) is 2. The van der Waals surface area contributed by atoms with E-state index < -0.39 is 0 Å². The number of aliphatic hydroxyl groups is 1. The molecule has 15 heavy (non-hydrogen) atoms. The van der Waals surface area contributed by atoms with Gasteiger partial charge in [0, 0.05) is 37.3 Å². The van der Waals surface area contributed by atoms with Crippen LogP contribution < -0.4 is 0 Å². The van der Waals surface area contributed by atoms with Crippen molar-refractivity contribution in [2.45, 2.75) is 58.8 Å². The summed E-state index contributed by atoms with van der Waals surface area (Å²) in [6, 6.07) is 1.94. The van der Waals surface area contributed by atoms with Crippen LogP contribution in [0.2, 0.25) is 0 Å². The molecule has 0 aromatic carbocycles. The Bertz CT molecular complexity index is 194. The molecular weight excluding hydrogens is 188 g/mol. The molecule has 0 radical (unpaired) electrons. The summed E-state index contributed by atoms with van der Waals surface area (Å²) in [4.78, 5) is 4.91. The molecule has 2 unspecified atom stereocenters. The average Bonchev–Trinajstić information content (AvgIpc) is 2.15. The van der Waals surface area contributed by atoms with Gasteiger partial charge in [-0.05, 0) is 34.6 Å². The maximum Gasteiger partial charge on any atom is 0.0599 e. The summed E-state index contributed by atoms with van der Waals surface area (Å²) in [7, 11) is 0. The van der Waals surface area contributed by atoms with E-state index in [2.05, 4.69) is 44.4 Å². The second-order valence-corrected chi connectivity index (χ2v) is 5.27. The molecule has 1 heterocycles. The Morgan fingerprint density at radius 2 is 1.73 bits per heavy atom. The van der Waals surface area contributed by atoms with E-state index >= 15 is 0 Å². The SMILES string of the molecule is CC(C)N1CC(C)N(C(C)C)C(CO)C1. The molecule has 0 amide bonds. The van der Waals surface area contributed by atoms with Gasteiger partial charge in [-0.3, -0.25) is 9.80 Å². The Balaban J connectivity index is 2.70. The third-order valence-corrected chi connectivity index (χ3v) is 3.41. The molecule has 0 saturated carbocycles. The van der Waals surface area contributed by atoms with E-state index in [1.807, 2.05) is 0 Å². The van der Waals surface area contributed by atoms with E-state index in [4.69, 9.17) is 0 Å². The van der Waals surface area contributed by atoms with Gasteiger partial charge in [0.25, 0.3) is 0 Å². The summed E-state index contributed by atoms with van der Waals surface area (Å²) < 4.78 is 0. The molecule has 1 rings (SSSR count). The molecule has 1 aliphatic rings. The van der Waals surface area contributed by atoms with Crippen LogP contribution in [0.4, 0.5) is 0 Å². The van der Waals surface area contributed by atoms with E-state index in [-0.39, 0.29) is 6.61 Å². The van der Waals surface area contributed by atoms with E-state index in [9.17, 15) is 5.11 Å². The Hall–Kier alpha value is -0.120. The van der Waals surface area contributed by atoms with Crippen LogP contribution in [0.3, 0.4) is 0 Å². The lowest BCUT2D eigenvalue weighted by Gasteiger charge is -2.48. The van der Waals surface area contributed by atoms with Gasteiger partial charge in [-0.2, -0.15) is 0 Å². The van der Waals surface area contributed by atoms with Gasteiger partial charge in [-0.15, -0.1) is 0 Å². The maximum absolute atomic E-state index is 9.46. The molecule has 1 N–H and O–H groups in total. The van der Waals surface area contributed by atoms with Gasteiger partial charge >= 0.3 is 0 Å². The minimum atomic E-state index is 0.270. The van der Waals surface area contributed by atoms with Crippen LogP contribution >= 0.6 is 0 Å². The van der Waals surface area contributed by atoms with Crippen molar-refractivity contribution in [1.82, 2.24) is 9.80 Å². The molecule has 0 aromatic heterocycles. The molecule has 0 bridgehead atoms. The molecule has 0 aromatic rings. The topological polar surface area (TPSA) is 26.7 Å². The van der Waals surface area contributed by atoms with E-state index in [1.54, 1.807) is 0 Å². The molecule has 3 heteroatoms. The predicted molar refractivity (Wildman–Crippen MR) is 64.0 cm³/mol. The molecule has 1 saturated heterocycles. The van der Waals surface area contributed by atoms with Crippen molar-refractivity contribution >= 4 is 0 Å². The summed E-state index contributed by atoms with van der Waals surface area (Å²) in [5, 5.41) is 9.46.